The zero-order valence-electron chi connectivity index (χ0n) is 18.9. The van der Waals surface area contributed by atoms with Crippen molar-refractivity contribution in [3.8, 4) is 5.75 Å². The SMILES string of the molecule is CC(=O)N[C@@]1(C)C[C@@H](c2ccc(Cl)cc2)O[C@@H](c2cc(C(C)C)ccc2OCC(=O)O)C1. The fourth-order valence-electron chi connectivity index (χ4n) is 4.23. The number of halogens is 1. The molecular weight excluding hydrogens is 430 g/mol. The van der Waals surface area contributed by atoms with Crippen molar-refractivity contribution in [2.24, 2.45) is 0 Å². The summed E-state index contributed by atoms with van der Waals surface area (Å²) < 4.78 is 12.1. The van der Waals surface area contributed by atoms with E-state index in [1.54, 1.807) is 6.07 Å². The molecule has 0 bridgehead atoms. The first-order chi connectivity index (χ1) is 15.1. The highest BCUT2D eigenvalue weighted by atomic mass is 35.5. The Bertz CT molecular complexity index is 975. The number of carboxylic acids is 1. The van der Waals surface area contributed by atoms with Crippen molar-refractivity contribution in [3.63, 3.8) is 0 Å². The molecular formula is C25H30ClNO5. The second kappa shape index (κ2) is 9.92. The number of nitrogens with one attached hydrogen (secondary N) is 1. The zero-order chi connectivity index (χ0) is 23.5. The van der Waals surface area contributed by atoms with Crippen LogP contribution in [0.25, 0.3) is 0 Å². The molecule has 2 aromatic carbocycles. The minimum absolute atomic E-state index is 0.110. The van der Waals surface area contributed by atoms with Gasteiger partial charge in [0.1, 0.15) is 5.75 Å². The maximum atomic E-state index is 12.0. The molecule has 2 aromatic rings. The lowest BCUT2D eigenvalue weighted by atomic mass is 9.80. The van der Waals surface area contributed by atoms with Crippen LogP contribution in [0.5, 0.6) is 5.75 Å². The van der Waals surface area contributed by atoms with Gasteiger partial charge in [0.15, 0.2) is 6.61 Å². The van der Waals surface area contributed by atoms with E-state index in [2.05, 4.69) is 19.2 Å². The van der Waals surface area contributed by atoms with Crippen LogP contribution in [0, 0.1) is 0 Å². The molecule has 3 rings (SSSR count). The first-order valence-electron chi connectivity index (χ1n) is 10.7. The molecule has 32 heavy (non-hydrogen) atoms. The van der Waals surface area contributed by atoms with Gasteiger partial charge in [0.2, 0.25) is 5.91 Å². The first-order valence-corrected chi connectivity index (χ1v) is 11.1. The number of aliphatic carboxylic acids is 1. The van der Waals surface area contributed by atoms with Crippen molar-refractivity contribution >= 4 is 23.5 Å². The molecule has 1 amide bonds. The number of carbonyl (C=O) groups excluding carboxylic acids is 1. The van der Waals surface area contributed by atoms with Gasteiger partial charge in [0.25, 0.3) is 0 Å². The maximum Gasteiger partial charge on any atom is 0.341 e. The van der Waals surface area contributed by atoms with Crippen molar-refractivity contribution in [3.05, 3.63) is 64.2 Å². The van der Waals surface area contributed by atoms with Gasteiger partial charge >= 0.3 is 5.97 Å². The molecule has 3 atom stereocenters. The van der Waals surface area contributed by atoms with Crippen molar-refractivity contribution in [1.82, 2.24) is 5.32 Å². The standard InChI is InChI=1S/C25H30ClNO5/c1-15(2)18-7-10-21(31-14-24(29)30)20(11-18)23-13-25(4,27-16(3)28)12-22(32-23)17-5-8-19(26)9-6-17/h5-11,15,22-23H,12-14H2,1-4H3,(H,27,28)(H,29,30)/t22-,23+,25-/m0/s1. The topological polar surface area (TPSA) is 84.9 Å². The van der Waals surface area contributed by atoms with Crippen LogP contribution in [0.2, 0.25) is 5.02 Å². The monoisotopic (exact) mass is 459 g/mol. The first kappa shape index (κ1) is 24.1. The second-order valence-corrected chi connectivity index (χ2v) is 9.39. The molecule has 6 nitrogen and oxygen atoms in total. The molecule has 7 heteroatoms. The highest BCUT2D eigenvalue weighted by Crippen LogP contribution is 2.46. The van der Waals surface area contributed by atoms with Crippen molar-refractivity contribution in [1.29, 1.82) is 0 Å². The van der Waals surface area contributed by atoms with Crippen molar-refractivity contribution in [2.75, 3.05) is 6.61 Å². The van der Waals surface area contributed by atoms with Crippen LogP contribution in [0.15, 0.2) is 42.5 Å². The fraction of sp³-hybridized carbons (Fsp3) is 0.440. The van der Waals surface area contributed by atoms with Gasteiger partial charge < -0.3 is 19.9 Å². The van der Waals surface area contributed by atoms with Crippen LogP contribution in [0.1, 0.15) is 75.4 Å². The number of rotatable bonds is 7. The van der Waals surface area contributed by atoms with Gasteiger partial charge in [-0.3, -0.25) is 4.79 Å². The van der Waals surface area contributed by atoms with Crippen molar-refractivity contribution in [2.45, 2.75) is 64.2 Å². The summed E-state index contributed by atoms with van der Waals surface area (Å²) in [5.74, 6) is -0.403. The Morgan fingerprint density at radius 3 is 2.44 bits per heavy atom. The molecule has 1 heterocycles. The molecule has 1 aliphatic rings. The number of benzene rings is 2. The molecule has 1 saturated heterocycles. The Kier molecular flexibility index (Phi) is 7.47. The zero-order valence-corrected chi connectivity index (χ0v) is 19.6. The molecule has 0 aliphatic carbocycles. The largest absolute Gasteiger partial charge is 0.482 e. The van der Waals surface area contributed by atoms with E-state index in [0.717, 1.165) is 16.7 Å². The highest BCUT2D eigenvalue weighted by molar-refractivity contribution is 6.30. The van der Waals surface area contributed by atoms with Crippen LogP contribution >= 0.6 is 11.6 Å². The van der Waals surface area contributed by atoms with E-state index in [4.69, 9.17) is 26.2 Å². The Balaban J connectivity index is 2.02. The van der Waals surface area contributed by atoms with E-state index >= 15 is 0 Å². The van der Waals surface area contributed by atoms with E-state index in [1.807, 2.05) is 43.3 Å². The summed E-state index contributed by atoms with van der Waals surface area (Å²) in [6.45, 7) is 7.27. The van der Waals surface area contributed by atoms with Crippen LogP contribution < -0.4 is 10.1 Å². The minimum Gasteiger partial charge on any atom is -0.482 e. The molecule has 1 fully saturated rings. The summed E-state index contributed by atoms with van der Waals surface area (Å²) in [4.78, 5) is 23.1. The fourth-order valence-corrected chi connectivity index (χ4v) is 4.35. The lowest BCUT2D eigenvalue weighted by Crippen LogP contribution is -2.50. The van der Waals surface area contributed by atoms with E-state index < -0.39 is 24.2 Å². The number of carboxylic acid groups (broad SMARTS) is 1. The summed E-state index contributed by atoms with van der Waals surface area (Å²) in [7, 11) is 0. The van der Waals surface area contributed by atoms with E-state index in [9.17, 15) is 9.59 Å². The highest BCUT2D eigenvalue weighted by Gasteiger charge is 2.41. The van der Waals surface area contributed by atoms with Crippen LogP contribution in [-0.4, -0.2) is 29.1 Å². The average molecular weight is 460 g/mol. The molecule has 0 aromatic heterocycles. The molecule has 0 saturated carbocycles. The lowest BCUT2D eigenvalue weighted by Gasteiger charge is -2.43. The Hall–Kier alpha value is -2.57. The summed E-state index contributed by atoms with van der Waals surface area (Å²) >= 11 is 6.07. The Morgan fingerprint density at radius 1 is 1.19 bits per heavy atom. The van der Waals surface area contributed by atoms with Gasteiger partial charge in [0.05, 0.1) is 12.2 Å². The number of carbonyl (C=O) groups is 2. The predicted octanol–water partition coefficient (Wildman–Crippen LogP) is 5.41. The molecule has 172 valence electrons. The summed E-state index contributed by atoms with van der Waals surface area (Å²) in [6, 6.07) is 13.3. The Labute approximate surface area is 193 Å². The van der Waals surface area contributed by atoms with Gasteiger partial charge in [-0.25, -0.2) is 4.79 Å². The summed E-state index contributed by atoms with van der Waals surface area (Å²) in [6.07, 6.45) is 0.448. The summed E-state index contributed by atoms with van der Waals surface area (Å²) in [5.41, 5.74) is 2.33. The van der Waals surface area contributed by atoms with Gasteiger partial charge in [-0.15, -0.1) is 0 Å². The van der Waals surface area contributed by atoms with E-state index in [-0.39, 0.29) is 17.9 Å². The smallest absolute Gasteiger partial charge is 0.341 e. The van der Waals surface area contributed by atoms with E-state index in [1.165, 1.54) is 6.92 Å². The predicted molar refractivity (Wildman–Crippen MR) is 123 cm³/mol. The quantitative estimate of drug-likeness (QED) is 0.577. The molecule has 0 unspecified atom stereocenters. The van der Waals surface area contributed by atoms with E-state index in [0.29, 0.717) is 23.6 Å². The third-order valence-corrected chi connectivity index (χ3v) is 5.97. The van der Waals surface area contributed by atoms with Gasteiger partial charge in [-0.1, -0.05) is 43.6 Å². The van der Waals surface area contributed by atoms with Gasteiger partial charge in [-0.2, -0.15) is 0 Å². The molecule has 2 N–H and O–H groups in total. The van der Waals surface area contributed by atoms with Crippen molar-refractivity contribution < 1.29 is 24.2 Å². The second-order valence-electron chi connectivity index (χ2n) is 8.95. The van der Waals surface area contributed by atoms with Gasteiger partial charge in [-0.05, 0) is 48.2 Å². The molecule has 1 aliphatic heterocycles. The number of ether oxygens (including phenoxy) is 2. The van der Waals surface area contributed by atoms with Crippen LogP contribution in [0.4, 0.5) is 0 Å². The lowest BCUT2D eigenvalue weighted by molar-refractivity contribution is -0.139. The third-order valence-electron chi connectivity index (χ3n) is 5.72. The maximum absolute atomic E-state index is 12.0. The number of hydrogen-bond acceptors (Lipinski definition) is 4. The molecule has 0 radical (unpaired) electrons. The van der Waals surface area contributed by atoms with Gasteiger partial charge in [0, 0.05) is 35.9 Å². The third kappa shape index (κ3) is 6.02. The minimum atomic E-state index is -1.05. The molecule has 0 spiro atoms. The Morgan fingerprint density at radius 2 is 1.84 bits per heavy atom. The van der Waals surface area contributed by atoms with Crippen LogP contribution in [0.3, 0.4) is 0 Å². The average Bonchev–Trinajstić information content (AvgIpc) is 2.71. The van der Waals surface area contributed by atoms with Crippen LogP contribution in [-0.2, 0) is 14.3 Å². The number of hydrogen-bond donors (Lipinski definition) is 2. The summed E-state index contributed by atoms with van der Waals surface area (Å²) in [5, 5.41) is 12.8. The normalized spacial score (nSPS) is 23.1. The number of amides is 1.